The number of carbonyl (C=O) groups is 1. The Morgan fingerprint density at radius 1 is 1.12 bits per heavy atom. The fourth-order valence-corrected chi connectivity index (χ4v) is 5.47. The van der Waals surface area contributed by atoms with Gasteiger partial charge in [0.2, 0.25) is 5.91 Å². The molecule has 0 saturated heterocycles. The second-order valence-corrected chi connectivity index (χ2v) is 9.94. The van der Waals surface area contributed by atoms with Crippen LogP contribution >= 0.6 is 34.9 Å². The van der Waals surface area contributed by atoms with Crippen LogP contribution in [0.2, 0.25) is 0 Å². The smallest absolute Gasteiger partial charge is 0.236 e. The SMILES string of the molecule is C=CCn1c(CSCc2ccc(F)cc2)nnc1SCC(=O)Nc1nc(-c2ccccc2)cs1. The average molecular weight is 512 g/mol. The van der Waals surface area contributed by atoms with E-state index in [0.29, 0.717) is 22.6 Å². The zero-order valence-electron chi connectivity index (χ0n) is 18.2. The van der Waals surface area contributed by atoms with E-state index in [4.69, 9.17) is 0 Å². The maximum atomic E-state index is 13.1. The van der Waals surface area contributed by atoms with Gasteiger partial charge in [0.25, 0.3) is 0 Å². The molecule has 2 heterocycles. The first-order valence-electron chi connectivity index (χ1n) is 10.4. The first-order chi connectivity index (χ1) is 16.6. The number of anilines is 1. The lowest BCUT2D eigenvalue weighted by molar-refractivity contribution is -0.113. The monoisotopic (exact) mass is 511 g/mol. The highest BCUT2D eigenvalue weighted by Crippen LogP contribution is 2.26. The Kier molecular flexibility index (Phi) is 8.51. The maximum absolute atomic E-state index is 13.1. The van der Waals surface area contributed by atoms with Crippen LogP contribution in [0.25, 0.3) is 11.3 Å². The van der Waals surface area contributed by atoms with Gasteiger partial charge >= 0.3 is 0 Å². The molecule has 2 aromatic heterocycles. The summed E-state index contributed by atoms with van der Waals surface area (Å²) in [4.78, 5) is 17.0. The molecule has 1 N–H and O–H groups in total. The summed E-state index contributed by atoms with van der Waals surface area (Å²) in [5.74, 6) is 1.99. The number of thioether (sulfide) groups is 2. The number of aromatic nitrogens is 4. The molecular weight excluding hydrogens is 489 g/mol. The largest absolute Gasteiger partial charge is 0.301 e. The summed E-state index contributed by atoms with van der Waals surface area (Å²) in [6.45, 7) is 4.37. The van der Waals surface area contributed by atoms with Crippen molar-refractivity contribution in [1.82, 2.24) is 19.7 Å². The van der Waals surface area contributed by atoms with Crippen LogP contribution < -0.4 is 5.32 Å². The van der Waals surface area contributed by atoms with Crippen molar-refractivity contribution in [2.75, 3.05) is 11.1 Å². The molecule has 0 spiro atoms. The molecule has 0 aliphatic heterocycles. The van der Waals surface area contributed by atoms with Gasteiger partial charge in [0.15, 0.2) is 10.3 Å². The predicted molar refractivity (Wildman–Crippen MR) is 139 cm³/mol. The Hall–Kier alpha value is -2.95. The molecule has 0 aliphatic carbocycles. The summed E-state index contributed by atoms with van der Waals surface area (Å²) in [7, 11) is 0. The van der Waals surface area contributed by atoms with E-state index in [1.165, 1.54) is 35.2 Å². The minimum Gasteiger partial charge on any atom is -0.301 e. The number of thiazole rings is 1. The third-order valence-corrected chi connectivity index (χ3v) is 7.39. The minimum absolute atomic E-state index is 0.153. The number of rotatable bonds is 11. The highest BCUT2D eigenvalue weighted by atomic mass is 32.2. The predicted octanol–water partition coefficient (Wildman–Crippen LogP) is 5.89. The van der Waals surface area contributed by atoms with Crippen LogP contribution in [0.3, 0.4) is 0 Å². The number of hydrogen-bond donors (Lipinski definition) is 1. The summed E-state index contributed by atoms with van der Waals surface area (Å²) in [5, 5.41) is 14.6. The number of carbonyl (C=O) groups excluding carboxylic acids is 1. The minimum atomic E-state index is -0.239. The zero-order valence-corrected chi connectivity index (χ0v) is 20.6. The Bertz CT molecular complexity index is 1240. The molecule has 0 aliphatic rings. The van der Waals surface area contributed by atoms with E-state index in [-0.39, 0.29) is 17.5 Å². The highest BCUT2D eigenvalue weighted by Gasteiger charge is 2.15. The van der Waals surface area contributed by atoms with E-state index < -0.39 is 0 Å². The van der Waals surface area contributed by atoms with E-state index in [9.17, 15) is 9.18 Å². The van der Waals surface area contributed by atoms with Crippen LogP contribution in [-0.4, -0.2) is 31.4 Å². The summed E-state index contributed by atoms with van der Waals surface area (Å²) in [5.41, 5.74) is 2.89. The van der Waals surface area contributed by atoms with E-state index in [1.54, 1.807) is 30.0 Å². The van der Waals surface area contributed by atoms with Gasteiger partial charge in [-0.2, -0.15) is 0 Å². The molecule has 6 nitrogen and oxygen atoms in total. The molecule has 174 valence electrons. The molecule has 0 radical (unpaired) electrons. The van der Waals surface area contributed by atoms with Gasteiger partial charge in [-0.05, 0) is 17.7 Å². The van der Waals surface area contributed by atoms with Gasteiger partial charge in [-0.15, -0.1) is 39.9 Å². The van der Waals surface area contributed by atoms with Gasteiger partial charge in [-0.1, -0.05) is 60.3 Å². The molecule has 0 atom stereocenters. The number of hydrogen-bond acceptors (Lipinski definition) is 7. The molecule has 10 heteroatoms. The second kappa shape index (κ2) is 12.0. The quantitative estimate of drug-likeness (QED) is 0.200. The number of allylic oxidation sites excluding steroid dienone is 1. The van der Waals surface area contributed by atoms with Crippen molar-refractivity contribution in [3.05, 3.63) is 89.8 Å². The molecule has 2 aromatic carbocycles. The Morgan fingerprint density at radius 2 is 1.91 bits per heavy atom. The van der Waals surface area contributed by atoms with Crippen LogP contribution in [-0.2, 0) is 22.8 Å². The third-order valence-electron chi connectivity index (χ3n) is 4.67. The second-order valence-electron chi connectivity index (χ2n) is 7.16. The average Bonchev–Trinajstić information content (AvgIpc) is 3.47. The van der Waals surface area contributed by atoms with Crippen LogP contribution in [0.15, 0.2) is 77.8 Å². The van der Waals surface area contributed by atoms with Gasteiger partial charge in [0.05, 0.1) is 17.2 Å². The number of nitrogens with zero attached hydrogens (tertiary/aromatic N) is 4. The van der Waals surface area contributed by atoms with Crippen LogP contribution in [0.4, 0.5) is 9.52 Å². The van der Waals surface area contributed by atoms with Crippen molar-refractivity contribution >= 4 is 45.9 Å². The van der Waals surface area contributed by atoms with Crippen LogP contribution in [0.1, 0.15) is 11.4 Å². The van der Waals surface area contributed by atoms with Crippen molar-refractivity contribution in [3.63, 3.8) is 0 Å². The lowest BCUT2D eigenvalue weighted by atomic mass is 10.2. The van der Waals surface area contributed by atoms with Crippen LogP contribution in [0.5, 0.6) is 0 Å². The van der Waals surface area contributed by atoms with E-state index in [2.05, 4.69) is 27.1 Å². The van der Waals surface area contributed by atoms with E-state index in [1.807, 2.05) is 40.3 Å². The van der Waals surface area contributed by atoms with Gasteiger partial charge < -0.3 is 9.88 Å². The van der Waals surface area contributed by atoms with Crippen molar-refractivity contribution in [1.29, 1.82) is 0 Å². The Balaban J connectivity index is 1.31. The van der Waals surface area contributed by atoms with Crippen molar-refractivity contribution in [2.45, 2.75) is 23.2 Å². The molecule has 0 saturated carbocycles. The summed E-state index contributed by atoms with van der Waals surface area (Å²) in [6.07, 6.45) is 1.78. The van der Waals surface area contributed by atoms with Gasteiger partial charge in [0.1, 0.15) is 11.6 Å². The molecule has 34 heavy (non-hydrogen) atoms. The molecule has 0 unspecified atom stereocenters. The number of nitrogens with one attached hydrogen (secondary N) is 1. The fraction of sp³-hybridized carbons (Fsp3) is 0.167. The standard InChI is InChI=1S/C24H22FN5OS3/c1-2-12-30-21(15-32-13-17-8-10-19(25)11-9-17)28-29-24(30)34-16-22(31)27-23-26-20(14-33-23)18-6-4-3-5-7-18/h2-11,14H,1,12-13,15-16H2,(H,26,27,31). The normalized spacial score (nSPS) is 10.9. The van der Waals surface area contributed by atoms with Gasteiger partial charge in [0, 0.05) is 23.2 Å². The lowest BCUT2D eigenvalue weighted by Gasteiger charge is -2.08. The number of benzene rings is 2. The topological polar surface area (TPSA) is 72.7 Å². The fourth-order valence-electron chi connectivity index (χ4n) is 3.04. The molecule has 4 aromatic rings. The van der Waals surface area contributed by atoms with Gasteiger partial charge in [-0.3, -0.25) is 4.79 Å². The molecule has 0 fully saturated rings. The van der Waals surface area contributed by atoms with Crippen molar-refractivity contribution in [2.24, 2.45) is 0 Å². The van der Waals surface area contributed by atoms with Crippen LogP contribution in [0, 0.1) is 5.82 Å². The molecular formula is C24H22FN5OS3. The maximum Gasteiger partial charge on any atom is 0.236 e. The van der Waals surface area contributed by atoms with E-state index >= 15 is 0 Å². The van der Waals surface area contributed by atoms with Crippen molar-refractivity contribution in [3.8, 4) is 11.3 Å². The van der Waals surface area contributed by atoms with E-state index in [0.717, 1.165) is 28.4 Å². The Labute approximate surface area is 209 Å². The summed E-state index contributed by atoms with van der Waals surface area (Å²) >= 11 is 4.39. The highest BCUT2D eigenvalue weighted by molar-refractivity contribution is 7.99. The number of amides is 1. The van der Waals surface area contributed by atoms with Gasteiger partial charge in [-0.25, -0.2) is 9.37 Å². The molecule has 0 bridgehead atoms. The summed E-state index contributed by atoms with van der Waals surface area (Å²) < 4.78 is 15.0. The number of halogens is 1. The lowest BCUT2D eigenvalue weighted by Crippen LogP contribution is -2.14. The van der Waals surface area contributed by atoms with Crippen molar-refractivity contribution < 1.29 is 9.18 Å². The first kappa shape index (κ1) is 24.2. The first-order valence-corrected chi connectivity index (χ1v) is 13.4. The zero-order chi connectivity index (χ0) is 23.8. The molecule has 4 rings (SSSR count). The molecule has 1 amide bonds. The summed E-state index contributed by atoms with van der Waals surface area (Å²) in [6, 6.07) is 16.3. The third kappa shape index (κ3) is 6.55. The Morgan fingerprint density at radius 3 is 2.68 bits per heavy atom.